The van der Waals surface area contributed by atoms with Crippen LogP contribution in [0.15, 0.2) is 12.1 Å². The molecule has 0 aliphatic carbocycles. The van der Waals surface area contributed by atoms with Gasteiger partial charge in [0.25, 0.3) is 5.92 Å². The maximum Gasteiger partial charge on any atom is 0.286 e. The number of hydrogen-bond acceptors (Lipinski definition) is 2. The zero-order chi connectivity index (χ0) is 12.3. The molecule has 0 heterocycles. The van der Waals surface area contributed by atoms with Crippen LogP contribution in [0.1, 0.15) is 23.1 Å². The van der Waals surface area contributed by atoms with Crippen molar-refractivity contribution in [2.24, 2.45) is 0 Å². The molecule has 2 nitrogen and oxygen atoms in total. The average Bonchev–Trinajstić information content (AvgIpc) is 2.17. The van der Waals surface area contributed by atoms with Crippen LogP contribution < -0.4 is 4.74 Å². The molecule has 16 heavy (non-hydrogen) atoms. The van der Waals surface area contributed by atoms with E-state index in [4.69, 9.17) is 10.00 Å². The van der Waals surface area contributed by atoms with Gasteiger partial charge in [-0.05, 0) is 37.1 Å². The molecular formula is C12H13F2NO. The lowest BCUT2D eigenvalue weighted by Crippen LogP contribution is -2.13. The first kappa shape index (κ1) is 12.4. The zero-order valence-electron chi connectivity index (χ0n) is 9.47. The van der Waals surface area contributed by atoms with Crippen molar-refractivity contribution >= 4 is 0 Å². The number of aryl methyl sites for hydroxylation is 2. The lowest BCUT2D eigenvalue weighted by Gasteiger charge is -2.17. The fourth-order valence-electron chi connectivity index (χ4n) is 1.68. The molecule has 0 aliphatic rings. The molecule has 0 aromatic heterocycles. The molecule has 0 saturated heterocycles. The Labute approximate surface area is 93.5 Å². The number of nitriles is 1. The third kappa shape index (κ3) is 2.30. The van der Waals surface area contributed by atoms with Gasteiger partial charge in [0.15, 0.2) is 0 Å². The van der Waals surface area contributed by atoms with E-state index in [1.807, 2.05) is 0 Å². The molecule has 1 aromatic rings. The van der Waals surface area contributed by atoms with E-state index in [0.29, 0.717) is 16.9 Å². The van der Waals surface area contributed by atoms with Crippen LogP contribution in [0.5, 0.6) is 5.75 Å². The molecule has 0 radical (unpaired) electrons. The second kappa shape index (κ2) is 4.48. The quantitative estimate of drug-likeness (QED) is 0.790. The summed E-state index contributed by atoms with van der Waals surface area (Å²) < 4.78 is 32.1. The Morgan fingerprint density at radius 1 is 1.31 bits per heavy atom. The van der Waals surface area contributed by atoms with Crippen LogP contribution >= 0.6 is 0 Å². The van der Waals surface area contributed by atoms with Gasteiger partial charge in [0.2, 0.25) is 0 Å². The number of rotatable bonds is 3. The minimum atomic E-state index is -3.10. The molecular weight excluding hydrogens is 212 g/mol. The molecule has 1 aromatic carbocycles. The number of methoxy groups -OCH3 is 1. The third-order valence-electron chi connectivity index (χ3n) is 2.39. The molecule has 0 saturated carbocycles. The number of halogens is 2. The monoisotopic (exact) mass is 225 g/mol. The molecule has 86 valence electrons. The van der Waals surface area contributed by atoms with Crippen molar-refractivity contribution in [2.75, 3.05) is 7.11 Å². The SMILES string of the molecule is COc1c(C)cc(C(F)(F)CC#N)cc1C. The van der Waals surface area contributed by atoms with Gasteiger partial charge in [-0.2, -0.15) is 5.26 Å². The van der Waals surface area contributed by atoms with Gasteiger partial charge in [0.05, 0.1) is 13.2 Å². The second-order valence-corrected chi connectivity index (χ2v) is 3.68. The number of nitrogens with zero attached hydrogens (tertiary/aromatic N) is 1. The molecule has 4 heteroatoms. The van der Waals surface area contributed by atoms with E-state index in [-0.39, 0.29) is 5.56 Å². The van der Waals surface area contributed by atoms with Crippen LogP contribution in [-0.4, -0.2) is 7.11 Å². The van der Waals surface area contributed by atoms with Gasteiger partial charge in [-0.25, -0.2) is 8.78 Å². The fourth-order valence-corrected chi connectivity index (χ4v) is 1.68. The van der Waals surface area contributed by atoms with Crippen LogP contribution in [0.25, 0.3) is 0 Å². The maximum atomic E-state index is 13.5. The largest absolute Gasteiger partial charge is 0.496 e. The van der Waals surface area contributed by atoms with Crippen molar-refractivity contribution in [3.05, 3.63) is 28.8 Å². The zero-order valence-corrected chi connectivity index (χ0v) is 9.47. The summed E-state index contributed by atoms with van der Waals surface area (Å²) in [6, 6.07) is 4.22. The Bertz CT molecular complexity index is 412. The van der Waals surface area contributed by atoms with Crippen LogP contribution in [0.3, 0.4) is 0 Å². The highest BCUT2D eigenvalue weighted by Gasteiger charge is 2.32. The van der Waals surface area contributed by atoms with Crippen molar-refractivity contribution < 1.29 is 13.5 Å². The summed E-state index contributed by atoms with van der Waals surface area (Å²) in [4.78, 5) is 0. The fraction of sp³-hybridized carbons (Fsp3) is 0.417. The van der Waals surface area contributed by atoms with Crippen molar-refractivity contribution in [2.45, 2.75) is 26.2 Å². The first-order chi connectivity index (χ1) is 7.42. The van der Waals surface area contributed by atoms with Gasteiger partial charge in [0.1, 0.15) is 12.2 Å². The van der Waals surface area contributed by atoms with Gasteiger partial charge in [-0.1, -0.05) is 0 Å². The Morgan fingerprint density at radius 2 is 1.81 bits per heavy atom. The first-order valence-corrected chi connectivity index (χ1v) is 4.83. The second-order valence-electron chi connectivity index (χ2n) is 3.68. The van der Waals surface area contributed by atoms with E-state index in [0.717, 1.165) is 0 Å². The summed E-state index contributed by atoms with van der Waals surface area (Å²) in [5, 5.41) is 8.35. The van der Waals surface area contributed by atoms with E-state index >= 15 is 0 Å². The number of alkyl halides is 2. The third-order valence-corrected chi connectivity index (χ3v) is 2.39. The van der Waals surface area contributed by atoms with E-state index < -0.39 is 12.3 Å². The summed E-state index contributed by atoms with van der Waals surface area (Å²) >= 11 is 0. The van der Waals surface area contributed by atoms with Crippen LogP contribution in [-0.2, 0) is 5.92 Å². The normalized spacial score (nSPS) is 11.0. The van der Waals surface area contributed by atoms with Crippen LogP contribution in [0.4, 0.5) is 8.78 Å². The summed E-state index contributed by atoms with van der Waals surface area (Å²) in [6.45, 7) is 3.41. The molecule has 0 fully saturated rings. The number of benzene rings is 1. The van der Waals surface area contributed by atoms with Crippen molar-refractivity contribution in [1.82, 2.24) is 0 Å². The van der Waals surface area contributed by atoms with Gasteiger partial charge in [-0.15, -0.1) is 0 Å². The maximum absolute atomic E-state index is 13.5. The Hall–Kier alpha value is -1.63. The molecule has 0 atom stereocenters. The van der Waals surface area contributed by atoms with Gasteiger partial charge >= 0.3 is 0 Å². The Balaban J connectivity index is 3.24. The summed E-state index contributed by atoms with van der Waals surface area (Å²) in [5.74, 6) is -2.49. The van der Waals surface area contributed by atoms with E-state index in [1.54, 1.807) is 13.8 Å². The molecule has 0 amide bonds. The predicted molar refractivity (Wildman–Crippen MR) is 56.6 cm³/mol. The minimum absolute atomic E-state index is 0.134. The predicted octanol–water partition coefficient (Wildman–Crippen LogP) is 3.32. The highest BCUT2D eigenvalue weighted by Crippen LogP contribution is 2.35. The summed E-state index contributed by atoms with van der Waals surface area (Å²) in [7, 11) is 1.50. The topological polar surface area (TPSA) is 33.0 Å². The van der Waals surface area contributed by atoms with Gasteiger partial charge < -0.3 is 4.74 Å². The van der Waals surface area contributed by atoms with E-state index in [2.05, 4.69) is 0 Å². The molecule has 0 N–H and O–H groups in total. The molecule has 0 aliphatic heterocycles. The van der Waals surface area contributed by atoms with E-state index in [1.165, 1.54) is 25.3 Å². The smallest absolute Gasteiger partial charge is 0.286 e. The summed E-state index contributed by atoms with van der Waals surface area (Å²) in [6.07, 6.45) is -0.807. The average molecular weight is 225 g/mol. The lowest BCUT2D eigenvalue weighted by atomic mass is 10.00. The molecule has 0 unspecified atom stereocenters. The minimum Gasteiger partial charge on any atom is -0.496 e. The van der Waals surface area contributed by atoms with Gasteiger partial charge in [0, 0.05) is 5.56 Å². The van der Waals surface area contributed by atoms with Crippen LogP contribution in [0.2, 0.25) is 0 Å². The highest BCUT2D eigenvalue weighted by atomic mass is 19.3. The molecule has 1 rings (SSSR count). The lowest BCUT2D eigenvalue weighted by molar-refractivity contribution is 0.000792. The number of ether oxygens (including phenoxy) is 1. The van der Waals surface area contributed by atoms with Crippen molar-refractivity contribution in [1.29, 1.82) is 5.26 Å². The highest BCUT2D eigenvalue weighted by molar-refractivity contribution is 5.44. The summed E-state index contributed by atoms with van der Waals surface area (Å²) in [5.41, 5.74) is 1.16. The molecule has 0 bridgehead atoms. The van der Waals surface area contributed by atoms with Crippen molar-refractivity contribution in [3.63, 3.8) is 0 Å². The van der Waals surface area contributed by atoms with E-state index in [9.17, 15) is 8.78 Å². The molecule has 0 spiro atoms. The number of hydrogen-bond donors (Lipinski definition) is 0. The Kier molecular flexibility index (Phi) is 3.48. The van der Waals surface area contributed by atoms with Crippen LogP contribution in [0, 0.1) is 25.2 Å². The Morgan fingerprint density at radius 3 is 2.19 bits per heavy atom. The van der Waals surface area contributed by atoms with Gasteiger partial charge in [-0.3, -0.25) is 0 Å². The van der Waals surface area contributed by atoms with Crippen molar-refractivity contribution in [3.8, 4) is 11.8 Å². The first-order valence-electron chi connectivity index (χ1n) is 4.83. The standard InChI is InChI=1S/C12H13F2NO/c1-8-6-10(12(13,14)4-5-15)7-9(2)11(8)16-3/h6-7H,4H2,1-3H3.